The van der Waals surface area contributed by atoms with Crippen LogP contribution >= 0.6 is 0 Å². The van der Waals surface area contributed by atoms with E-state index in [1.807, 2.05) is 0 Å². The topological polar surface area (TPSA) is 97.2 Å². The van der Waals surface area contributed by atoms with E-state index in [2.05, 4.69) is 10.3 Å². The minimum absolute atomic E-state index is 0.0952. The monoisotopic (exact) mass is 256 g/mol. The fraction of sp³-hybridized carbons (Fsp3) is 0.222. The highest BCUT2D eigenvalue weighted by Crippen LogP contribution is 2.12. The van der Waals surface area contributed by atoms with Crippen molar-refractivity contribution in [2.75, 3.05) is 5.75 Å². The van der Waals surface area contributed by atoms with Crippen molar-refractivity contribution >= 4 is 10.1 Å². The molecule has 0 bridgehead atoms. The van der Waals surface area contributed by atoms with Gasteiger partial charge in [0.2, 0.25) is 0 Å². The van der Waals surface area contributed by atoms with Crippen molar-refractivity contribution in [3.05, 3.63) is 30.8 Å². The Labute approximate surface area is 97.4 Å². The first-order valence-corrected chi connectivity index (χ1v) is 6.37. The summed E-state index contributed by atoms with van der Waals surface area (Å²) >= 11 is 0. The van der Waals surface area contributed by atoms with Crippen LogP contribution in [0.15, 0.2) is 35.3 Å². The fourth-order valence-electron chi connectivity index (χ4n) is 1.24. The molecular weight excluding hydrogens is 246 g/mol. The van der Waals surface area contributed by atoms with Gasteiger partial charge in [0.1, 0.15) is 23.9 Å². The smallest absolute Gasteiger partial charge is 0.271 e. The molecule has 0 radical (unpaired) electrons. The Kier molecular flexibility index (Phi) is 3.16. The predicted octanol–water partition coefficient (Wildman–Crippen LogP) is -0.0881. The molecule has 8 heteroatoms. The third kappa shape index (κ3) is 3.33. The van der Waals surface area contributed by atoms with Gasteiger partial charge in [-0.1, -0.05) is 9.84 Å². The molecule has 0 aliphatic rings. The summed E-state index contributed by atoms with van der Waals surface area (Å²) in [6.45, 7) is 0.0952. The molecule has 90 valence electrons. The Morgan fingerprint density at radius 3 is 2.76 bits per heavy atom. The van der Waals surface area contributed by atoms with Crippen molar-refractivity contribution in [1.82, 2.24) is 10.3 Å². The molecular formula is C9H10N3O4S+. The van der Waals surface area contributed by atoms with Gasteiger partial charge in [0.05, 0.1) is 0 Å². The Morgan fingerprint density at radius 1 is 1.41 bits per heavy atom. The molecule has 0 aliphatic heterocycles. The van der Waals surface area contributed by atoms with Crippen LogP contribution in [0.25, 0.3) is 11.3 Å². The average Bonchev–Trinajstić information content (AvgIpc) is 2.79. The fourth-order valence-corrected chi connectivity index (χ4v) is 1.66. The van der Waals surface area contributed by atoms with E-state index >= 15 is 0 Å². The van der Waals surface area contributed by atoms with E-state index in [4.69, 9.17) is 9.08 Å². The Morgan fingerprint density at radius 2 is 2.24 bits per heavy atom. The number of hydrogen-bond acceptors (Lipinski definition) is 5. The summed E-state index contributed by atoms with van der Waals surface area (Å²) in [4.78, 5) is 0. The van der Waals surface area contributed by atoms with Crippen LogP contribution in [0.3, 0.4) is 0 Å². The molecule has 2 aromatic rings. The molecule has 0 aliphatic carbocycles. The molecule has 2 heterocycles. The van der Waals surface area contributed by atoms with Gasteiger partial charge in [-0.05, 0) is 5.10 Å². The molecule has 0 saturated carbocycles. The standard InChI is InChI=1S/C9H9N3O4S/c13-17(14,15)6-4-12-3-1-8(7-10-12)9-2-5-16-11-9/h1-3,5,7H,4,6H2/p+1. The maximum Gasteiger partial charge on any atom is 0.271 e. The molecule has 2 aromatic heterocycles. The number of hydrogen-bond donors (Lipinski definition) is 1. The third-order valence-corrected chi connectivity index (χ3v) is 2.78. The summed E-state index contributed by atoms with van der Waals surface area (Å²) in [5.41, 5.74) is 1.42. The zero-order chi connectivity index (χ0) is 12.3. The maximum absolute atomic E-state index is 10.6. The van der Waals surface area contributed by atoms with Gasteiger partial charge in [-0.3, -0.25) is 4.55 Å². The van der Waals surface area contributed by atoms with Gasteiger partial charge in [-0.15, -0.1) is 0 Å². The largest absolute Gasteiger partial charge is 0.364 e. The Bertz CT molecular complexity index is 577. The second-order valence-corrected chi connectivity index (χ2v) is 4.92. The highest BCUT2D eigenvalue weighted by molar-refractivity contribution is 7.85. The van der Waals surface area contributed by atoms with Gasteiger partial charge in [0.15, 0.2) is 12.7 Å². The third-order valence-electron chi connectivity index (χ3n) is 2.08. The molecule has 0 unspecified atom stereocenters. The minimum Gasteiger partial charge on any atom is -0.364 e. The zero-order valence-electron chi connectivity index (χ0n) is 8.72. The molecule has 7 nitrogen and oxygen atoms in total. The van der Waals surface area contributed by atoms with Crippen LogP contribution in [0.4, 0.5) is 0 Å². The van der Waals surface area contributed by atoms with Crippen LogP contribution in [0.2, 0.25) is 0 Å². The van der Waals surface area contributed by atoms with Crippen LogP contribution in [0.5, 0.6) is 0 Å². The summed E-state index contributed by atoms with van der Waals surface area (Å²) in [6, 6.07) is 3.42. The van der Waals surface area contributed by atoms with Gasteiger partial charge in [-0.25, -0.2) is 0 Å². The Balaban J connectivity index is 2.09. The molecule has 0 saturated heterocycles. The van der Waals surface area contributed by atoms with Crippen molar-refractivity contribution < 1.29 is 22.2 Å². The molecule has 0 aromatic carbocycles. The van der Waals surface area contributed by atoms with E-state index in [-0.39, 0.29) is 12.3 Å². The average molecular weight is 256 g/mol. The van der Waals surface area contributed by atoms with Gasteiger partial charge >= 0.3 is 0 Å². The number of nitrogens with zero attached hydrogens (tertiary/aromatic N) is 3. The first-order valence-electron chi connectivity index (χ1n) is 4.76. The summed E-state index contributed by atoms with van der Waals surface area (Å²) < 4.78 is 35.8. The number of aryl methyl sites for hydroxylation is 1. The molecule has 0 spiro atoms. The molecule has 0 amide bonds. The second kappa shape index (κ2) is 4.60. The lowest BCUT2D eigenvalue weighted by atomic mass is 10.2. The highest BCUT2D eigenvalue weighted by atomic mass is 32.2. The van der Waals surface area contributed by atoms with Crippen LogP contribution in [0, 0.1) is 0 Å². The van der Waals surface area contributed by atoms with Crippen molar-refractivity contribution in [2.24, 2.45) is 0 Å². The van der Waals surface area contributed by atoms with Crippen LogP contribution in [-0.4, -0.2) is 29.0 Å². The van der Waals surface area contributed by atoms with Crippen molar-refractivity contribution in [1.29, 1.82) is 0 Å². The van der Waals surface area contributed by atoms with Crippen LogP contribution in [-0.2, 0) is 16.7 Å². The number of aromatic nitrogens is 3. The van der Waals surface area contributed by atoms with Gasteiger partial charge in [-0.2, -0.15) is 8.42 Å². The molecule has 17 heavy (non-hydrogen) atoms. The predicted molar refractivity (Wildman–Crippen MR) is 56.3 cm³/mol. The summed E-state index contributed by atoms with van der Waals surface area (Å²) in [7, 11) is -3.96. The van der Waals surface area contributed by atoms with Gasteiger partial charge in [0, 0.05) is 17.7 Å². The normalized spacial score (nSPS) is 11.6. The van der Waals surface area contributed by atoms with Gasteiger partial charge < -0.3 is 4.52 Å². The van der Waals surface area contributed by atoms with Gasteiger partial charge in [0.25, 0.3) is 10.1 Å². The molecule has 0 atom stereocenters. The van der Waals surface area contributed by atoms with E-state index in [9.17, 15) is 8.42 Å². The lowest BCUT2D eigenvalue weighted by molar-refractivity contribution is -0.750. The molecule has 2 rings (SSSR count). The lowest BCUT2D eigenvalue weighted by Crippen LogP contribution is -2.40. The highest BCUT2D eigenvalue weighted by Gasteiger charge is 2.11. The summed E-state index contributed by atoms with van der Waals surface area (Å²) in [5.74, 6) is -0.367. The maximum atomic E-state index is 10.6. The quantitative estimate of drug-likeness (QED) is 0.606. The zero-order valence-corrected chi connectivity index (χ0v) is 9.54. The van der Waals surface area contributed by atoms with Crippen molar-refractivity contribution in [3.8, 4) is 11.3 Å². The minimum atomic E-state index is -3.96. The van der Waals surface area contributed by atoms with E-state index in [0.29, 0.717) is 5.69 Å². The second-order valence-electron chi connectivity index (χ2n) is 3.35. The SMILES string of the molecule is O=S(=O)(O)CC[n+]1ccc(-c2ccon2)cn1. The molecule has 0 fully saturated rings. The first-order chi connectivity index (χ1) is 8.04. The van der Waals surface area contributed by atoms with E-state index < -0.39 is 10.1 Å². The van der Waals surface area contributed by atoms with E-state index in [1.165, 1.54) is 10.9 Å². The van der Waals surface area contributed by atoms with E-state index in [1.54, 1.807) is 24.5 Å². The van der Waals surface area contributed by atoms with Crippen LogP contribution in [0.1, 0.15) is 0 Å². The molecule has 1 N–H and O–H groups in total. The van der Waals surface area contributed by atoms with Crippen molar-refractivity contribution in [2.45, 2.75) is 6.54 Å². The first kappa shape index (κ1) is 11.7. The summed E-state index contributed by atoms with van der Waals surface area (Å²) in [6.07, 6.45) is 4.60. The van der Waals surface area contributed by atoms with Crippen LogP contribution < -0.4 is 4.68 Å². The van der Waals surface area contributed by atoms with E-state index in [0.717, 1.165) is 5.56 Å². The van der Waals surface area contributed by atoms with Crippen molar-refractivity contribution in [3.63, 3.8) is 0 Å². The lowest BCUT2D eigenvalue weighted by Gasteiger charge is -1.94. The Hall–Kier alpha value is -1.80. The number of rotatable bonds is 4. The summed E-state index contributed by atoms with van der Waals surface area (Å²) in [5, 5.41) is 7.74.